The Morgan fingerprint density at radius 1 is 1.32 bits per heavy atom. The first-order valence-electron chi connectivity index (χ1n) is 7.71. The van der Waals surface area contributed by atoms with Crippen molar-refractivity contribution in [2.24, 2.45) is 5.73 Å². The van der Waals surface area contributed by atoms with Gasteiger partial charge in [0.1, 0.15) is 5.76 Å². The van der Waals surface area contributed by atoms with E-state index in [4.69, 9.17) is 10.2 Å². The molecule has 0 aromatic carbocycles. The molecule has 1 aliphatic rings. The highest BCUT2D eigenvalue weighted by Crippen LogP contribution is 2.25. The van der Waals surface area contributed by atoms with Crippen LogP contribution in [0, 0.1) is 0 Å². The van der Waals surface area contributed by atoms with Crippen LogP contribution in [-0.4, -0.2) is 43.3 Å². The molecule has 6 nitrogen and oxygen atoms in total. The predicted molar refractivity (Wildman–Crippen MR) is 83.8 cm³/mol. The Balaban J connectivity index is 1.92. The third kappa shape index (κ3) is 5.46. The summed E-state index contributed by atoms with van der Waals surface area (Å²) in [5.74, 6) is 0.159. The molecule has 2 rings (SSSR count). The lowest BCUT2D eigenvalue weighted by Crippen LogP contribution is -2.37. The van der Waals surface area contributed by atoms with Gasteiger partial charge >= 0.3 is 0 Å². The van der Waals surface area contributed by atoms with Gasteiger partial charge in [-0.1, -0.05) is 12.8 Å². The maximum absolute atomic E-state index is 12.0. The van der Waals surface area contributed by atoms with Gasteiger partial charge in [-0.05, 0) is 25.0 Å². The summed E-state index contributed by atoms with van der Waals surface area (Å²) in [4.78, 5) is 12.9. The SMILES string of the molecule is NC(=O)CCS(=O)(=O)CCN(Cc1ccco1)C1CCCC1. The van der Waals surface area contributed by atoms with Gasteiger partial charge in [0.15, 0.2) is 9.84 Å². The molecule has 1 aliphatic carbocycles. The average molecular weight is 328 g/mol. The van der Waals surface area contributed by atoms with Crippen molar-refractivity contribution in [3.8, 4) is 0 Å². The van der Waals surface area contributed by atoms with E-state index >= 15 is 0 Å². The van der Waals surface area contributed by atoms with Crippen LogP contribution in [0.5, 0.6) is 0 Å². The molecule has 1 fully saturated rings. The molecular formula is C15H24N2O4S. The third-order valence-corrected chi connectivity index (χ3v) is 5.76. The molecule has 1 aromatic rings. The molecule has 0 spiro atoms. The van der Waals surface area contributed by atoms with Gasteiger partial charge in [-0.15, -0.1) is 0 Å². The second kappa shape index (κ2) is 7.78. The van der Waals surface area contributed by atoms with Crippen LogP contribution in [0.3, 0.4) is 0 Å². The first-order chi connectivity index (χ1) is 10.5. The number of amides is 1. The zero-order valence-electron chi connectivity index (χ0n) is 12.7. The predicted octanol–water partition coefficient (Wildman–Crippen LogP) is 1.31. The minimum Gasteiger partial charge on any atom is -0.468 e. The summed E-state index contributed by atoms with van der Waals surface area (Å²) < 4.78 is 29.4. The smallest absolute Gasteiger partial charge is 0.218 e. The summed E-state index contributed by atoms with van der Waals surface area (Å²) in [5.41, 5.74) is 5.02. The number of nitrogens with two attached hydrogens (primary N) is 1. The van der Waals surface area contributed by atoms with Crippen LogP contribution in [-0.2, 0) is 21.2 Å². The zero-order chi connectivity index (χ0) is 16.0. The van der Waals surface area contributed by atoms with E-state index in [9.17, 15) is 13.2 Å². The maximum atomic E-state index is 12.0. The molecule has 0 radical (unpaired) electrons. The highest BCUT2D eigenvalue weighted by atomic mass is 32.2. The number of hydrogen-bond donors (Lipinski definition) is 1. The van der Waals surface area contributed by atoms with Gasteiger partial charge in [-0.3, -0.25) is 9.69 Å². The Labute approximate surface area is 131 Å². The number of sulfone groups is 1. The van der Waals surface area contributed by atoms with Gasteiger partial charge in [0, 0.05) is 19.0 Å². The van der Waals surface area contributed by atoms with Crippen LogP contribution in [0.15, 0.2) is 22.8 Å². The highest BCUT2D eigenvalue weighted by Gasteiger charge is 2.25. The van der Waals surface area contributed by atoms with E-state index < -0.39 is 15.7 Å². The molecule has 7 heteroatoms. The van der Waals surface area contributed by atoms with E-state index in [1.165, 1.54) is 12.8 Å². The number of carbonyl (C=O) groups is 1. The van der Waals surface area contributed by atoms with E-state index in [0.717, 1.165) is 18.6 Å². The highest BCUT2D eigenvalue weighted by molar-refractivity contribution is 7.91. The normalized spacial score (nSPS) is 16.4. The maximum Gasteiger partial charge on any atom is 0.218 e. The topological polar surface area (TPSA) is 93.6 Å². The van der Waals surface area contributed by atoms with Crippen LogP contribution < -0.4 is 5.73 Å². The molecule has 0 saturated heterocycles. The Hall–Kier alpha value is -1.34. The molecule has 0 aliphatic heterocycles. The molecule has 2 N–H and O–H groups in total. The first kappa shape index (κ1) is 17.0. The monoisotopic (exact) mass is 328 g/mol. The number of furan rings is 1. The summed E-state index contributed by atoms with van der Waals surface area (Å²) in [6.45, 7) is 1.09. The largest absolute Gasteiger partial charge is 0.468 e. The summed E-state index contributed by atoms with van der Waals surface area (Å²) in [7, 11) is -3.25. The van der Waals surface area contributed by atoms with Crippen molar-refractivity contribution < 1.29 is 17.6 Å². The molecular weight excluding hydrogens is 304 g/mol. The van der Waals surface area contributed by atoms with E-state index in [2.05, 4.69) is 4.90 Å². The van der Waals surface area contributed by atoms with Crippen molar-refractivity contribution in [3.05, 3.63) is 24.2 Å². The van der Waals surface area contributed by atoms with Crippen LogP contribution in [0.4, 0.5) is 0 Å². The molecule has 0 atom stereocenters. The molecule has 1 aromatic heterocycles. The number of rotatable bonds is 9. The molecule has 0 unspecified atom stereocenters. The molecule has 1 amide bonds. The second-order valence-corrected chi connectivity index (χ2v) is 8.16. The first-order valence-corrected chi connectivity index (χ1v) is 9.53. The fourth-order valence-electron chi connectivity index (χ4n) is 2.88. The molecule has 1 heterocycles. The van der Waals surface area contributed by atoms with Crippen LogP contribution in [0.25, 0.3) is 0 Å². The standard InChI is InChI=1S/C15H24N2O4S/c16-15(18)7-10-22(19,20)11-8-17(13-4-1-2-5-13)12-14-6-3-9-21-14/h3,6,9,13H,1-2,4-5,7-8,10-12H2,(H2,16,18). The van der Waals surface area contributed by atoms with Gasteiger partial charge in [0.25, 0.3) is 0 Å². The van der Waals surface area contributed by atoms with Crippen LogP contribution in [0.2, 0.25) is 0 Å². The molecule has 0 bridgehead atoms. The fourth-order valence-corrected chi connectivity index (χ4v) is 4.11. The van der Waals surface area contributed by atoms with Gasteiger partial charge < -0.3 is 10.2 Å². The molecule has 1 saturated carbocycles. The van der Waals surface area contributed by atoms with Crippen molar-refractivity contribution in [3.63, 3.8) is 0 Å². The van der Waals surface area contributed by atoms with E-state index in [-0.39, 0.29) is 17.9 Å². The average Bonchev–Trinajstić information content (AvgIpc) is 3.14. The van der Waals surface area contributed by atoms with E-state index in [0.29, 0.717) is 19.1 Å². The Morgan fingerprint density at radius 3 is 2.64 bits per heavy atom. The summed E-state index contributed by atoms with van der Waals surface area (Å²) in [6, 6.07) is 4.16. The van der Waals surface area contributed by atoms with Crippen molar-refractivity contribution in [2.75, 3.05) is 18.1 Å². The molecule has 124 valence electrons. The zero-order valence-corrected chi connectivity index (χ0v) is 13.6. The summed E-state index contributed by atoms with van der Waals surface area (Å²) in [5, 5.41) is 0. The minimum atomic E-state index is -3.25. The van der Waals surface area contributed by atoms with Gasteiger partial charge in [0.2, 0.25) is 5.91 Å². The van der Waals surface area contributed by atoms with Crippen LogP contribution >= 0.6 is 0 Å². The lowest BCUT2D eigenvalue weighted by Gasteiger charge is -2.27. The minimum absolute atomic E-state index is 0.0531. The number of carbonyl (C=O) groups excluding carboxylic acids is 1. The fraction of sp³-hybridized carbons (Fsp3) is 0.667. The number of primary amides is 1. The van der Waals surface area contributed by atoms with Crippen LogP contribution in [0.1, 0.15) is 37.9 Å². The van der Waals surface area contributed by atoms with E-state index in [1.807, 2.05) is 12.1 Å². The third-order valence-electron chi connectivity index (χ3n) is 4.13. The second-order valence-electron chi connectivity index (χ2n) is 5.86. The molecule has 22 heavy (non-hydrogen) atoms. The van der Waals surface area contributed by atoms with Gasteiger partial charge in [-0.2, -0.15) is 0 Å². The quantitative estimate of drug-likeness (QED) is 0.738. The number of nitrogens with zero attached hydrogens (tertiary/aromatic N) is 1. The number of hydrogen-bond acceptors (Lipinski definition) is 5. The van der Waals surface area contributed by atoms with Crippen molar-refractivity contribution in [1.82, 2.24) is 4.90 Å². The van der Waals surface area contributed by atoms with Gasteiger partial charge in [-0.25, -0.2) is 8.42 Å². The van der Waals surface area contributed by atoms with Crippen molar-refractivity contribution in [1.29, 1.82) is 0 Å². The summed E-state index contributed by atoms with van der Waals surface area (Å²) >= 11 is 0. The Morgan fingerprint density at radius 2 is 2.05 bits per heavy atom. The lowest BCUT2D eigenvalue weighted by atomic mass is 10.2. The van der Waals surface area contributed by atoms with E-state index in [1.54, 1.807) is 6.26 Å². The summed E-state index contributed by atoms with van der Waals surface area (Å²) in [6.07, 6.45) is 6.10. The van der Waals surface area contributed by atoms with Crippen molar-refractivity contribution in [2.45, 2.75) is 44.7 Å². The Kier molecular flexibility index (Phi) is 6.02. The van der Waals surface area contributed by atoms with Crippen molar-refractivity contribution >= 4 is 15.7 Å². The Bertz CT molecular complexity index is 562. The lowest BCUT2D eigenvalue weighted by molar-refractivity contribution is -0.117. The van der Waals surface area contributed by atoms with Gasteiger partial charge in [0.05, 0.1) is 24.3 Å².